The van der Waals surface area contributed by atoms with E-state index in [1.54, 1.807) is 0 Å². The highest BCUT2D eigenvalue weighted by Crippen LogP contribution is 2.43. The summed E-state index contributed by atoms with van der Waals surface area (Å²) >= 11 is 0. The summed E-state index contributed by atoms with van der Waals surface area (Å²) in [6, 6.07) is 0. The average Bonchev–Trinajstić information content (AvgIpc) is 3.10. The second-order valence-corrected chi connectivity index (χ2v) is 15.1. The molecule has 0 aromatic carbocycles. The van der Waals surface area contributed by atoms with Gasteiger partial charge in [-0.15, -0.1) is 0 Å². The first kappa shape index (κ1) is 48.7. The minimum Gasteiger partial charge on any atom is -0.457 e. The van der Waals surface area contributed by atoms with Gasteiger partial charge in [-0.3, -0.25) is 18.6 Å². The molecule has 0 aliphatic rings. The zero-order chi connectivity index (χ0) is 37.0. The Balaban J connectivity index is 3.83. The van der Waals surface area contributed by atoms with Crippen LogP contribution in [0.3, 0.4) is 0 Å². The van der Waals surface area contributed by atoms with Gasteiger partial charge in [0.2, 0.25) is 0 Å². The molecule has 0 saturated carbocycles. The van der Waals surface area contributed by atoms with Crippen molar-refractivity contribution in [3.63, 3.8) is 0 Å². The maximum atomic E-state index is 12.3. The van der Waals surface area contributed by atoms with Crippen LogP contribution in [0.15, 0.2) is 12.2 Å². The second-order valence-electron chi connectivity index (χ2n) is 13.6. The van der Waals surface area contributed by atoms with E-state index in [2.05, 4.69) is 26.0 Å². The Hall–Kier alpha value is -1.29. The van der Waals surface area contributed by atoms with Crippen LogP contribution in [0.1, 0.15) is 187 Å². The van der Waals surface area contributed by atoms with E-state index in [0.29, 0.717) is 12.8 Å². The van der Waals surface area contributed by atoms with E-state index < -0.39 is 58.4 Å². The molecule has 50 heavy (non-hydrogen) atoms. The normalized spacial score (nSPS) is 14.1. The molecule has 0 rings (SSSR count). The van der Waals surface area contributed by atoms with Crippen LogP contribution in [-0.4, -0.2) is 65.7 Å². The predicted octanol–water partition coefficient (Wildman–Crippen LogP) is 10.1. The van der Waals surface area contributed by atoms with Gasteiger partial charge in [-0.05, 0) is 38.5 Å². The summed E-state index contributed by atoms with van der Waals surface area (Å²) in [5.41, 5.74) is 0. The SMILES string of the molecule is CCCCCCCCCC/C=C\CCCCCCCCCCCC(=O)OC(CO)COP(=O)(O)OCC(CO)OC(=O)CCCCCCCC. The molecule has 3 unspecified atom stereocenters. The fourth-order valence-electron chi connectivity index (χ4n) is 5.58. The molecular formula is C39H75O10P. The van der Waals surface area contributed by atoms with Crippen molar-refractivity contribution in [2.75, 3.05) is 26.4 Å². The number of unbranched alkanes of at least 4 members (excludes halogenated alkanes) is 22. The first-order chi connectivity index (χ1) is 24.3. The number of phosphoric acid groups is 1. The summed E-state index contributed by atoms with van der Waals surface area (Å²) < 4.78 is 32.3. The first-order valence-corrected chi connectivity index (χ1v) is 21.6. The summed E-state index contributed by atoms with van der Waals surface area (Å²) in [7, 11) is -4.62. The van der Waals surface area contributed by atoms with E-state index in [-0.39, 0.29) is 12.8 Å². The summed E-state index contributed by atoms with van der Waals surface area (Å²) in [5, 5.41) is 19.0. The van der Waals surface area contributed by atoms with Gasteiger partial charge in [-0.1, -0.05) is 148 Å². The Morgan fingerprint density at radius 2 is 0.820 bits per heavy atom. The highest BCUT2D eigenvalue weighted by atomic mass is 31.2. The van der Waals surface area contributed by atoms with Crippen LogP contribution in [0.25, 0.3) is 0 Å². The van der Waals surface area contributed by atoms with Gasteiger partial charge < -0.3 is 24.6 Å². The van der Waals surface area contributed by atoms with E-state index >= 15 is 0 Å². The van der Waals surface area contributed by atoms with Gasteiger partial charge in [0, 0.05) is 12.8 Å². The number of aliphatic hydroxyl groups excluding tert-OH is 2. The highest BCUT2D eigenvalue weighted by Gasteiger charge is 2.27. The number of hydrogen-bond donors (Lipinski definition) is 3. The monoisotopic (exact) mass is 735 g/mol. The molecule has 3 atom stereocenters. The van der Waals surface area contributed by atoms with Gasteiger partial charge in [0.15, 0.2) is 0 Å². The number of phosphoric ester groups is 1. The van der Waals surface area contributed by atoms with E-state index in [9.17, 15) is 29.3 Å². The van der Waals surface area contributed by atoms with Crippen LogP contribution in [0.2, 0.25) is 0 Å². The number of carbonyl (C=O) groups excluding carboxylic acids is 2. The summed E-state index contributed by atoms with van der Waals surface area (Å²) in [6.07, 6.45) is 32.3. The molecule has 0 spiro atoms. The third-order valence-corrected chi connectivity index (χ3v) is 9.68. The third-order valence-electron chi connectivity index (χ3n) is 8.73. The average molecular weight is 735 g/mol. The predicted molar refractivity (Wildman–Crippen MR) is 201 cm³/mol. The summed E-state index contributed by atoms with van der Waals surface area (Å²) in [4.78, 5) is 34.2. The number of carbonyl (C=O) groups is 2. The van der Waals surface area contributed by atoms with Crippen molar-refractivity contribution in [2.45, 2.75) is 199 Å². The molecule has 3 N–H and O–H groups in total. The van der Waals surface area contributed by atoms with Gasteiger partial charge in [0.1, 0.15) is 12.2 Å². The number of esters is 2. The number of hydrogen-bond acceptors (Lipinski definition) is 9. The zero-order valence-corrected chi connectivity index (χ0v) is 32.8. The lowest BCUT2D eigenvalue weighted by Crippen LogP contribution is -2.28. The molecule has 0 saturated heterocycles. The van der Waals surface area contributed by atoms with Crippen LogP contribution < -0.4 is 0 Å². The maximum Gasteiger partial charge on any atom is 0.472 e. The fraction of sp³-hybridized carbons (Fsp3) is 0.897. The Morgan fingerprint density at radius 3 is 1.14 bits per heavy atom. The van der Waals surface area contributed by atoms with E-state index in [0.717, 1.165) is 51.4 Å². The van der Waals surface area contributed by atoms with E-state index in [1.807, 2.05) is 0 Å². The van der Waals surface area contributed by atoms with E-state index in [4.69, 9.17) is 18.5 Å². The van der Waals surface area contributed by atoms with E-state index in [1.165, 1.54) is 96.3 Å². The van der Waals surface area contributed by atoms with Crippen molar-refractivity contribution >= 4 is 19.8 Å². The fourth-order valence-corrected chi connectivity index (χ4v) is 6.36. The summed E-state index contributed by atoms with van der Waals surface area (Å²) in [6.45, 7) is 2.13. The number of ether oxygens (including phenoxy) is 2. The third kappa shape index (κ3) is 33.8. The largest absolute Gasteiger partial charge is 0.472 e. The Labute approximate surface area is 305 Å². The number of rotatable bonds is 38. The number of aliphatic hydroxyl groups is 2. The molecule has 0 heterocycles. The molecule has 0 aromatic heterocycles. The minimum absolute atomic E-state index is 0.192. The van der Waals surface area contributed by atoms with Crippen LogP contribution in [-0.2, 0) is 32.7 Å². The zero-order valence-electron chi connectivity index (χ0n) is 31.9. The van der Waals surface area contributed by atoms with Gasteiger partial charge in [0.05, 0.1) is 26.4 Å². The molecule has 296 valence electrons. The molecule has 0 aliphatic carbocycles. The first-order valence-electron chi connectivity index (χ1n) is 20.1. The molecule has 10 nitrogen and oxygen atoms in total. The standard InChI is InChI=1S/C39H75O10P/c1-3-5-7-9-11-12-13-14-15-16-17-18-19-20-21-22-23-24-25-27-29-31-39(43)49-37(33-41)35-47-50(44,45)46-34-36(32-40)48-38(42)30-28-26-10-8-6-4-2/h16-17,36-37,40-41H,3-15,18-35H2,1-2H3,(H,44,45)/b17-16-. The van der Waals surface area contributed by atoms with Crippen LogP contribution in [0.4, 0.5) is 0 Å². The Kier molecular flexibility index (Phi) is 35.2. The Bertz CT molecular complexity index is 853. The quantitative estimate of drug-likeness (QED) is 0.0242. The lowest BCUT2D eigenvalue weighted by molar-refractivity contribution is -0.153. The van der Waals surface area contributed by atoms with Crippen molar-refractivity contribution in [3.05, 3.63) is 12.2 Å². The van der Waals surface area contributed by atoms with Gasteiger partial charge in [-0.2, -0.15) is 0 Å². The van der Waals surface area contributed by atoms with Crippen molar-refractivity contribution in [3.8, 4) is 0 Å². The smallest absolute Gasteiger partial charge is 0.457 e. The van der Waals surface area contributed by atoms with Gasteiger partial charge in [-0.25, -0.2) is 4.57 Å². The lowest BCUT2D eigenvalue weighted by atomic mass is 10.1. The summed E-state index contributed by atoms with van der Waals surface area (Å²) in [5.74, 6) is -1.02. The minimum atomic E-state index is -4.62. The lowest BCUT2D eigenvalue weighted by Gasteiger charge is -2.20. The molecule has 0 bridgehead atoms. The topological polar surface area (TPSA) is 149 Å². The number of allylic oxidation sites excluding steroid dienone is 2. The second kappa shape index (κ2) is 36.1. The molecule has 11 heteroatoms. The molecule has 0 aliphatic heterocycles. The van der Waals surface area contributed by atoms with Crippen molar-refractivity contribution in [1.82, 2.24) is 0 Å². The van der Waals surface area contributed by atoms with Gasteiger partial charge in [0.25, 0.3) is 0 Å². The van der Waals surface area contributed by atoms with Gasteiger partial charge >= 0.3 is 19.8 Å². The Morgan fingerprint density at radius 1 is 0.520 bits per heavy atom. The van der Waals surface area contributed by atoms with Crippen molar-refractivity contribution in [1.29, 1.82) is 0 Å². The van der Waals surface area contributed by atoms with Crippen LogP contribution in [0.5, 0.6) is 0 Å². The maximum absolute atomic E-state index is 12.3. The highest BCUT2D eigenvalue weighted by molar-refractivity contribution is 7.47. The molecule has 0 radical (unpaired) electrons. The van der Waals surface area contributed by atoms with Crippen molar-refractivity contribution in [2.24, 2.45) is 0 Å². The molecular weight excluding hydrogens is 659 g/mol. The molecule has 0 aromatic rings. The molecule has 0 amide bonds. The molecule has 0 fully saturated rings. The van der Waals surface area contributed by atoms with Crippen LogP contribution >= 0.6 is 7.82 Å². The van der Waals surface area contributed by atoms with Crippen molar-refractivity contribution < 1.29 is 47.8 Å². The van der Waals surface area contributed by atoms with Crippen LogP contribution in [0, 0.1) is 0 Å².